The van der Waals surface area contributed by atoms with Crippen molar-refractivity contribution in [2.75, 3.05) is 19.8 Å². The van der Waals surface area contributed by atoms with Gasteiger partial charge < -0.3 is 14.2 Å². The van der Waals surface area contributed by atoms with Crippen molar-refractivity contribution in [3.05, 3.63) is 72.9 Å². The molecule has 0 radical (unpaired) electrons. The number of unbranched alkanes of at least 4 members (excludes halogenated alkanes) is 21. The van der Waals surface area contributed by atoms with Gasteiger partial charge in [0.25, 0.3) is 0 Å². The third-order valence-electron chi connectivity index (χ3n) is 10.2. The van der Waals surface area contributed by atoms with Gasteiger partial charge >= 0.3 is 11.9 Å². The number of esters is 2. The van der Waals surface area contributed by atoms with E-state index in [-0.39, 0.29) is 25.2 Å². The number of carbonyl (C=O) groups is 2. The predicted octanol–water partition coefficient (Wildman–Crippen LogP) is 16.3. The van der Waals surface area contributed by atoms with E-state index in [0.717, 1.165) is 96.3 Å². The topological polar surface area (TPSA) is 61.8 Å². The summed E-state index contributed by atoms with van der Waals surface area (Å²) in [5.74, 6) is -0.428. The summed E-state index contributed by atoms with van der Waals surface area (Å²) in [6, 6.07) is 0. The van der Waals surface area contributed by atoms with Crippen molar-refractivity contribution in [3.63, 3.8) is 0 Å². The fourth-order valence-electron chi connectivity index (χ4n) is 6.60. The smallest absolute Gasteiger partial charge is 0.306 e. The molecule has 0 spiro atoms. The van der Waals surface area contributed by atoms with E-state index < -0.39 is 6.10 Å². The van der Waals surface area contributed by atoms with Gasteiger partial charge in [0.1, 0.15) is 6.61 Å². The van der Waals surface area contributed by atoms with Gasteiger partial charge in [-0.2, -0.15) is 0 Å². The van der Waals surface area contributed by atoms with Gasteiger partial charge in [-0.1, -0.05) is 203 Å². The van der Waals surface area contributed by atoms with Crippen LogP contribution in [0.2, 0.25) is 0 Å². The molecule has 58 heavy (non-hydrogen) atoms. The van der Waals surface area contributed by atoms with Crippen LogP contribution in [0.25, 0.3) is 0 Å². The van der Waals surface area contributed by atoms with Gasteiger partial charge in [-0.05, 0) is 83.5 Å². The lowest BCUT2D eigenvalue weighted by atomic mass is 10.1. The van der Waals surface area contributed by atoms with Gasteiger partial charge in [0, 0.05) is 19.4 Å². The average Bonchev–Trinajstić information content (AvgIpc) is 3.22. The molecule has 0 rings (SSSR count). The molecule has 5 heteroatoms. The van der Waals surface area contributed by atoms with Crippen LogP contribution in [-0.4, -0.2) is 37.9 Å². The van der Waals surface area contributed by atoms with Crippen LogP contribution in [0, 0.1) is 0 Å². The van der Waals surface area contributed by atoms with E-state index in [2.05, 4.69) is 93.7 Å². The Morgan fingerprint density at radius 3 is 1.31 bits per heavy atom. The number of rotatable bonds is 44. The second kappa shape index (κ2) is 48.7. The molecule has 0 aliphatic rings. The van der Waals surface area contributed by atoms with Gasteiger partial charge in [-0.3, -0.25) is 9.59 Å². The summed E-state index contributed by atoms with van der Waals surface area (Å²) in [5, 5.41) is 0. The first kappa shape index (κ1) is 55.3. The standard InChI is InChI=1S/C53H92O5/c1-4-7-10-13-16-19-22-24-25-26-27-28-29-31-32-34-37-40-43-46-52(54)57-50-51(49-56-48-45-42-39-36-21-18-15-12-9-6-3)58-53(55)47-44-41-38-35-33-30-23-20-17-14-11-8-5-2/h7,10-11,14,16,19-20,23-25,27-28,51H,4-6,8-9,12-13,15,17-18,21-22,26,29-50H2,1-3H3/b10-7-,14-11-,19-16-,23-20-,25-24-,28-27-. The molecule has 1 atom stereocenters. The quantitative estimate of drug-likeness (QED) is 0.0348. The molecule has 0 heterocycles. The highest BCUT2D eigenvalue weighted by Crippen LogP contribution is 2.13. The van der Waals surface area contributed by atoms with E-state index in [0.29, 0.717) is 19.4 Å². The molecule has 0 aromatic heterocycles. The highest BCUT2D eigenvalue weighted by molar-refractivity contribution is 5.70. The Labute approximate surface area is 359 Å². The van der Waals surface area contributed by atoms with E-state index in [9.17, 15) is 9.59 Å². The van der Waals surface area contributed by atoms with E-state index >= 15 is 0 Å². The number of carbonyl (C=O) groups excluding carboxylic acids is 2. The van der Waals surface area contributed by atoms with Crippen molar-refractivity contribution in [1.82, 2.24) is 0 Å². The van der Waals surface area contributed by atoms with Crippen LogP contribution in [0.4, 0.5) is 0 Å². The van der Waals surface area contributed by atoms with Gasteiger partial charge in [0.2, 0.25) is 0 Å². The molecule has 0 saturated carbocycles. The van der Waals surface area contributed by atoms with E-state index in [1.165, 1.54) is 96.3 Å². The first-order chi connectivity index (χ1) is 28.6. The molecule has 0 saturated heterocycles. The summed E-state index contributed by atoms with van der Waals surface area (Å²) >= 11 is 0. The molecule has 0 N–H and O–H groups in total. The predicted molar refractivity (Wildman–Crippen MR) is 251 cm³/mol. The zero-order chi connectivity index (χ0) is 42.1. The summed E-state index contributed by atoms with van der Waals surface area (Å²) in [7, 11) is 0. The lowest BCUT2D eigenvalue weighted by molar-refractivity contribution is -0.163. The van der Waals surface area contributed by atoms with Crippen molar-refractivity contribution in [1.29, 1.82) is 0 Å². The summed E-state index contributed by atoms with van der Waals surface area (Å²) in [6.07, 6.45) is 61.8. The van der Waals surface area contributed by atoms with Gasteiger partial charge in [-0.25, -0.2) is 0 Å². The Hall–Kier alpha value is -2.66. The summed E-state index contributed by atoms with van der Waals surface area (Å²) in [4.78, 5) is 25.3. The van der Waals surface area contributed by atoms with Crippen LogP contribution < -0.4 is 0 Å². The van der Waals surface area contributed by atoms with Crippen molar-refractivity contribution in [3.8, 4) is 0 Å². The summed E-state index contributed by atoms with van der Waals surface area (Å²) < 4.78 is 17.3. The van der Waals surface area contributed by atoms with Crippen LogP contribution in [-0.2, 0) is 23.8 Å². The van der Waals surface area contributed by atoms with Gasteiger partial charge in [0.05, 0.1) is 6.61 Å². The molecule has 0 aliphatic heterocycles. The van der Waals surface area contributed by atoms with Crippen molar-refractivity contribution < 1.29 is 23.8 Å². The van der Waals surface area contributed by atoms with Crippen LogP contribution in [0.1, 0.15) is 226 Å². The van der Waals surface area contributed by atoms with Crippen LogP contribution >= 0.6 is 0 Å². The highest BCUT2D eigenvalue weighted by atomic mass is 16.6. The van der Waals surface area contributed by atoms with E-state index in [4.69, 9.17) is 14.2 Å². The summed E-state index contributed by atoms with van der Waals surface area (Å²) in [5.41, 5.74) is 0. The number of hydrogen-bond donors (Lipinski definition) is 0. The lowest BCUT2D eigenvalue weighted by Gasteiger charge is -2.18. The molecule has 0 bridgehead atoms. The SMILES string of the molecule is CC/C=C\C/C=C\C/C=C\C/C=C\CCCCCCCCC(=O)OCC(COCCCCCCCCCCCC)OC(=O)CCCCCCC/C=C\C/C=C\CCC. The average molecular weight is 809 g/mol. The largest absolute Gasteiger partial charge is 0.462 e. The second-order valence-corrected chi connectivity index (χ2v) is 16.0. The number of hydrogen-bond acceptors (Lipinski definition) is 5. The molecule has 334 valence electrons. The number of allylic oxidation sites excluding steroid dienone is 12. The lowest BCUT2D eigenvalue weighted by Crippen LogP contribution is -2.30. The monoisotopic (exact) mass is 809 g/mol. The normalized spacial score (nSPS) is 12.8. The molecule has 0 aromatic carbocycles. The molecular formula is C53H92O5. The van der Waals surface area contributed by atoms with Gasteiger partial charge in [0.15, 0.2) is 6.10 Å². The van der Waals surface area contributed by atoms with Crippen molar-refractivity contribution in [2.24, 2.45) is 0 Å². The van der Waals surface area contributed by atoms with Crippen LogP contribution in [0.5, 0.6) is 0 Å². The minimum Gasteiger partial charge on any atom is -0.462 e. The summed E-state index contributed by atoms with van der Waals surface area (Å²) in [6.45, 7) is 7.62. The molecule has 0 amide bonds. The Kier molecular flexibility index (Phi) is 46.5. The second-order valence-electron chi connectivity index (χ2n) is 16.0. The minimum atomic E-state index is -0.548. The van der Waals surface area contributed by atoms with Gasteiger partial charge in [-0.15, -0.1) is 0 Å². The maximum atomic E-state index is 12.7. The highest BCUT2D eigenvalue weighted by Gasteiger charge is 2.17. The molecule has 5 nitrogen and oxygen atoms in total. The third-order valence-corrected chi connectivity index (χ3v) is 10.2. The first-order valence-electron chi connectivity index (χ1n) is 24.5. The Morgan fingerprint density at radius 2 is 0.810 bits per heavy atom. The number of ether oxygens (including phenoxy) is 3. The van der Waals surface area contributed by atoms with E-state index in [1.54, 1.807) is 0 Å². The van der Waals surface area contributed by atoms with Crippen LogP contribution in [0.15, 0.2) is 72.9 Å². The molecule has 1 unspecified atom stereocenters. The zero-order valence-electron chi connectivity index (χ0n) is 38.3. The van der Waals surface area contributed by atoms with Crippen molar-refractivity contribution >= 4 is 11.9 Å². The van der Waals surface area contributed by atoms with Crippen LogP contribution in [0.3, 0.4) is 0 Å². The van der Waals surface area contributed by atoms with Crippen molar-refractivity contribution in [2.45, 2.75) is 232 Å². The Balaban J connectivity index is 4.25. The first-order valence-corrected chi connectivity index (χ1v) is 24.5. The third kappa shape index (κ3) is 46.0. The molecule has 0 fully saturated rings. The Bertz CT molecular complexity index is 1050. The zero-order valence-corrected chi connectivity index (χ0v) is 38.3. The molecule has 0 aromatic rings. The maximum Gasteiger partial charge on any atom is 0.306 e. The molecular weight excluding hydrogens is 717 g/mol. The Morgan fingerprint density at radius 1 is 0.397 bits per heavy atom. The maximum absolute atomic E-state index is 12.7. The molecule has 0 aliphatic carbocycles. The minimum absolute atomic E-state index is 0.0712. The van der Waals surface area contributed by atoms with E-state index in [1.807, 2.05) is 0 Å². The fraction of sp³-hybridized carbons (Fsp3) is 0.736. The fourth-order valence-corrected chi connectivity index (χ4v) is 6.60.